The van der Waals surface area contributed by atoms with Gasteiger partial charge in [0.05, 0.1) is 12.0 Å². The van der Waals surface area contributed by atoms with E-state index in [0.717, 1.165) is 11.1 Å². The molecule has 0 spiro atoms. The molecular formula is C18H16ClN3O2. The van der Waals surface area contributed by atoms with Crippen LogP contribution in [0.2, 0.25) is 5.02 Å². The second-order valence-electron chi connectivity index (χ2n) is 6.10. The fourth-order valence-corrected chi connectivity index (χ4v) is 3.60. The zero-order chi connectivity index (χ0) is 16.7. The monoisotopic (exact) mass is 341 g/mol. The lowest BCUT2D eigenvalue weighted by molar-refractivity contribution is -0.127. The summed E-state index contributed by atoms with van der Waals surface area (Å²) in [7, 11) is 0. The van der Waals surface area contributed by atoms with Crippen molar-refractivity contribution in [1.82, 2.24) is 15.8 Å². The van der Waals surface area contributed by atoms with Crippen molar-refractivity contribution in [3.8, 4) is 0 Å². The molecule has 2 aliphatic heterocycles. The van der Waals surface area contributed by atoms with Gasteiger partial charge in [0.1, 0.15) is 6.04 Å². The number of fused-ring (bicyclic) bond motifs is 1. The number of benzene rings is 2. The van der Waals surface area contributed by atoms with E-state index in [0.29, 0.717) is 11.6 Å². The van der Waals surface area contributed by atoms with Gasteiger partial charge in [0, 0.05) is 11.6 Å². The third-order valence-electron chi connectivity index (χ3n) is 4.58. The summed E-state index contributed by atoms with van der Waals surface area (Å²) < 4.78 is 0. The molecular weight excluding hydrogens is 326 g/mol. The number of imide groups is 1. The predicted octanol–water partition coefficient (Wildman–Crippen LogP) is 2.04. The molecule has 0 aliphatic carbocycles. The molecule has 2 saturated heterocycles. The summed E-state index contributed by atoms with van der Waals surface area (Å²) in [6, 6.07) is 16.5. The van der Waals surface area contributed by atoms with E-state index in [2.05, 4.69) is 10.7 Å². The molecule has 0 saturated carbocycles. The minimum Gasteiger partial charge on any atom is -0.295 e. The highest BCUT2D eigenvalue weighted by molar-refractivity contribution is 6.30. The Morgan fingerprint density at radius 2 is 1.67 bits per heavy atom. The zero-order valence-corrected chi connectivity index (χ0v) is 13.5. The normalized spacial score (nSPS) is 26.5. The third-order valence-corrected chi connectivity index (χ3v) is 4.83. The van der Waals surface area contributed by atoms with Gasteiger partial charge in [0.2, 0.25) is 11.8 Å². The number of nitrogens with zero attached hydrogens (tertiary/aromatic N) is 1. The number of carbonyl (C=O) groups excluding carboxylic acids is 2. The molecule has 6 heteroatoms. The molecule has 2 amide bonds. The van der Waals surface area contributed by atoms with Crippen LogP contribution in [-0.2, 0) is 16.1 Å². The predicted molar refractivity (Wildman–Crippen MR) is 89.7 cm³/mol. The molecule has 24 heavy (non-hydrogen) atoms. The topological polar surface area (TPSA) is 61.4 Å². The van der Waals surface area contributed by atoms with Crippen LogP contribution in [0.15, 0.2) is 54.6 Å². The standard InChI is InChI=1S/C18H16ClN3O2/c19-13-8-6-12(7-9-13)15-14-16(18(24)20-17(14)23)22(21-15)10-11-4-2-1-3-5-11/h1-9,14-16,21H,10H2,(H,20,23,24)/t14-,15-,16+/m1/s1. The van der Waals surface area contributed by atoms with Crippen LogP contribution in [0.25, 0.3) is 0 Å². The molecule has 4 rings (SSSR count). The van der Waals surface area contributed by atoms with Crippen molar-refractivity contribution in [2.75, 3.05) is 0 Å². The van der Waals surface area contributed by atoms with Gasteiger partial charge in [-0.2, -0.15) is 0 Å². The number of carbonyl (C=O) groups is 2. The maximum absolute atomic E-state index is 12.3. The second kappa shape index (κ2) is 6.02. The van der Waals surface area contributed by atoms with E-state index in [1.807, 2.05) is 47.5 Å². The lowest BCUT2D eigenvalue weighted by Gasteiger charge is -2.22. The van der Waals surface area contributed by atoms with Gasteiger partial charge in [-0.25, -0.2) is 10.4 Å². The van der Waals surface area contributed by atoms with Crippen molar-refractivity contribution < 1.29 is 9.59 Å². The van der Waals surface area contributed by atoms with Gasteiger partial charge < -0.3 is 0 Å². The van der Waals surface area contributed by atoms with Crippen LogP contribution in [0.5, 0.6) is 0 Å². The molecule has 0 unspecified atom stereocenters. The van der Waals surface area contributed by atoms with Gasteiger partial charge in [0.15, 0.2) is 0 Å². The largest absolute Gasteiger partial charge is 0.295 e. The molecule has 122 valence electrons. The first-order valence-corrected chi connectivity index (χ1v) is 8.18. The molecule has 2 aromatic carbocycles. The SMILES string of the molecule is O=C1NC(=O)[C@@H]2[C@H]1[C@@H](c1ccc(Cl)cc1)NN2Cc1ccccc1. The number of hydrogen-bond donors (Lipinski definition) is 2. The van der Waals surface area contributed by atoms with Crippen molar-refractivity contribution >= 4 is 23.4 Å². The van der Waals surface area contributed by atoms with Crippen molar-refractivity contribution in [2.45, 2.75) is 18.6 Å². The smallest absolute Gasteiger partial charge is 0.246 e. The summed E-state index contributed by atoms with van der Waals surface area (Å²) >= 11 is 5.95. The van der Waals surface area contributed by atoms with Crippen LogP contribution in [0, 0.1) is 5.92 Å². The fraction of sp³-hybridized carbons (Fsp3) is 0.222. The first-order chi connectivity index (χ1) is 11.6. The highest BCUT2D eigenvalue weighted by Crippen LogP contribution is 2.37. The van der Waals surface area contributed by atoms with Crippen LogP contribution < -0.4 is 10.7 Å². The number of amides is 2. The molecule has 2 heterocycles. The Labute approximate surface area is 144 Å². The summed E-state index contributed by atoms with van der Waals surface area (Å²) in [5.74, 6) is -0.916. The Morgan fingerprint density at radius 1 is 0.958 bits per heavy atom. The van der Waals surface area contributed by atoms with E-state index in [4.69, 9.17) is 11.6 Å². The first kappa shape index (κ1) is 15.3. The van der Waals surface area contributed by atoms with Crippen LogP contribution >= 0.6 is 11.6 Å². The molecule has 2 aliphatic rings. The highest BCUT2D eigenvalue weighted by atomic mass is 35.5. The minimum atomic E-state index is -0.501. The average Bonchev–Trinajstić information content (AvgIpc) is 3.09. The maximum Gasteiger partial charge on any atom is 0.246 e. The third kappa shape index (κ3) is 2.60. The molecule has 2 fully saturated rings. The van der Waals surface area contributed by atoms with Gasteiger partial charge >= 0.3 is 0 Å². The molecule has 3 atom stereocenters. The van der Waals surface area contributed by atoms with Crippen LogP contribution in [0.1, 0.15) is 17.2 Å². The summed E-state index contributed by atoms with van der Waals surface area (Å²) in [4.78, 5) is 24.6. The van der Waals surface area contributed by atoms with E-state index in [-0.39, 0.29) is 17.9 Å². The maximum atomic E-state index is 12.3. The van der Waals surface area contributed by atoms with E-state index >= 15 is 0 Å². The fourth-order valence-electron chi connectivity index (χ4n) is 3.47. The van der Waals surface area contributed by atoms with Crippen molar-refractivity contribution in [1.29, 1.82) is 0 Å². The Hall–Kier alpha value is -2.21. The number of hydrazine groups is 1. The van der Waals surface area contributed by atoms with Gasteiger partial charge in [-0.05, 0) is 23.3 Å². The number of rotatable bonds is 3. The van der Waals surface area contributed by atoms with E-state index < -0.39 is 12.0 Å². The van der Waals surface area contributed by atoms with E-state index in [1.54, 1.807) is 12.1 Å². The van der Waals surface area contributed by atoms with Crippen molar-refractivity contribution in [2.24, 2.45) is 5.92 Å². The van der Waals surface area contributed by atoms with Crippen LogP contribution in [0.3, 0.4) is 0 Å². The van der Waals surface area contributed by atoms with Crippen LogP contribution in [0.4, 0.5) is 0 Å². The van der Waals surface area contributed by atoms with Gasteiger partial charge in [-0.1, -0.05) is 54.1 Å². The van der Waals surface area contributed by atoms with Gasteiger partial charge in [-0.3, -0.25) is 14.9 Å². The van der Waals surface area contributed by atoms with Gasteiger partial charge in [-0.15, -0.1) is 0 Å². The number of halogens is 1. The Balaban J connectivity index is 1.66. The summed E-state index contributed by atoms with van der Waals surface area (Å²) in [6.45, 7) is 0.548. The highest BCUT2D eigenvalue weighted by Gasteiger charge is 2.54. The summed E-state index contributed by atoms with van der Waals surface area (Å²) in [5, 5.41) is 4.96. The second-order valence-corrected chi connectivity index (χ2v) is 6.53. The Morgan fingerprint density at radius 3 is 2.38 bits per heavy atom. The molecule has 5 nitrogen and oxygen atoms in total. The Bertz CT molecular complexity index is 779. The molecule has 0 radical (unpaired) electrons. The summed E-state index contributed by atoms with van der Waals surface area (Å²) in [6.07, 6.45) is 0. The summed E-state index contributed by atoms with van der Waals surface area (Å²) in [5.41, 5.74) is 5.36. The zero-order valence-electron chi connectivity index (χ0n) is 12.8. The lowest BCUT2D eigenvalue weighted by atomic mass is 9.91. The lowest BCUT2D eigenvalue weighted by Crippen LogP contribution is -2.43. The molecule has 2 aromatic rings. The first-order valence-electron chi connectivity index (χ1n) is 7.80. The average molecular weight is 342 g/mol. The van der Waals surface area contributed by atoms with E-state index in [9.17, 15) is 9.59 Å². The molecule has 2 N–H and O–H groups in total. The molecule has 0 aromatic heterocycles. The van der Waals surface area contributed by atoms with Crippen LogP contribution in [-0.4, -0.2) is 22.9 Å². The quantitative estimate of drug-likeness (QED) is 0.839. The van der Waals surface area contributed by atoms with E-state index in [1.165, 1.54) is 0 Å². The van der Waals surface area contributed by atoms with Crippen molar-refractivity contribution in [3.05, 3.63) is 70.7 Å². The number of nitrogens with one attached hydrogen (secondary N) is 2. The van der Waals surface area contributed by atoms with Crippen molar-refractivity contribution in [3.63, 3.8) is 0 Å². The molecule has 0 bridgehead atoms. The van der Waals surface area contributed by atoms with Gasteiger partial charge in [0.25, 0.3) is 0 Å². The Kier molecular flexibility index (Phi) is 3.84. The number of hydrogen-bond acceptors (Lipinski definition) is 4. The minimum absolute atomic E-state index is 0.229.